The summed E-state index contributed by atoms with van der Waals surface area (Å²) in [6.07, 6.45) is -3.38. The lowest BCUT2D eigenvalue weighted by Crippen LogP contribution is -2.09. The highest BCUT2D eigenvalue weighted by atomic mass is 35.5. The van der Waals surface area contributed by atoms with E-state index in [2.05, 4.69) is 11.6 Å². The molecular formula is C8H5ClF3N. The Labute approximate surface area is 77.9 Å². The zero-order valence-corrected chi connectivity index (χ0v) is 7.15. The van der Waals surface area contributed by atoms with Crippen molar-refractivity contribution in [2.75, 3.05) is 0 Å². The van der Waals surface area contributed by atoms with E-state index in [1.54, 1.807) is 0 Å². The molecule has 5 heteroatoms. The molecule has 0 aliphatic heterocycles. The van der Waals surface area contributed by atoms with E-state index in [4.69, 9.17) is 11.6 Å². The second-order valence-corrected chi connectivity index (χ2v) is 2.73. The van der Waals surface area contributed by atoms with Crippen LogP contribution in [0.4, 0.5) is 13.2 Å². The average Bonchev–Trinajstić information content (AvgIpc) is 2.03. The van der Waals surface area contributed by atoms with Crippen LogP contribution in [-0.4, -0.2) is 11.2 Å². The molecule has 1 rings (SSSR count). The number of aromatic nitrogens is 1. The molecule has 0 saturated carbocycles. The summed E-state index contributed by atoms with van der Waals surface area (Å²) >= 11 is 5.41. The molecule has 0 aliphatic rings. The minimum atomic E-state index is -4.42. The van der Waals surface area contributed by atoms with Gasteiger partial charge in [-0.15, -0.1) is 0 Å². The van der Waals surface area contributed by atoms with Crippen molar-refractivity contribution in [2.24, 2.45) is 0 Å². The molecule has 1 aromatic heterocycles. The van der Waals surface area contributed by atoms with E-state index >= 15 is 0 Å². The molecule has 1 aromatic rings. The Morgan fingerprint density at radius 2 is 2.00 bits per heavy atom. The van der Waals surface area contributed by atoms with Crippen LogP contribution >= 0.6 is 11.6 Å². The lowest BCUT2D eigenvalue weighted by molar-refractivity contribution is -0.0686. The number of hydrogen-bond donors (Lipinski definition) is 0. The standard InChI is InChI=1S/C8H5ClF3N/c1-5(8(10,11)12)6-2-3-7(9)13-4-6/h2-4H,1H2. The third-order valence-corrected chi connectivity index (χ3v) is 1.64. The summed E-state index contributed by atoms with van der Waals surface area (Å²) in [5, 5.41) is 0.152. The van der Waals surface area contributed by atoms with Gasteiger partial charge in [-0.05, 0) is 12.1 Å². The molecule has 0 saturated heterocycles. The van der Waals surface area contributed by atoms with Crippen molar-refractivity contribution in [1.82, 2.24) is 4.98 Å². The van der Waals surface area contributed by atoms with Crippen LogP contribution in [-0.2, 0) is 0 Å². The maximum absolute atomic E-state index is 12.1. The molecule has 0 unspecified atom stereocenters. The van der Waals surface area contributed by atoms with Crippen LogP contribution in [0.1, 0.15) is 5.56 Å². The highest BCUT2D eigenvalue weighted by molar-refractivity contribution is 6.29. The number of allylic oxidation sites excluding steroid dienone is 1. The molecule has 1 nitrogen and oxygen atoms in total. The van der Waals surface area contributed by atoms with Crippen molar-refractivity contribution in [3.05, 3.63) is 35.6 Å². The van der Waals surface area contributed by atoms with E-state index in [9.17, 15) is 13.2 Å². The molecule has 0 fully saturated rings. The Morgan fingerprint density at radius 1 is 1.38 bits per heavy atom. The highest BCUT2D eigenvalue weighted by Crippen LogP contribution is 2.31. The third kappa shape index (κ3) is 2.45. The lowest BCUT2D eigenvalue weighted by Gasteiger charge is -2.08. The number of hydrogen-bond acceptors (Lipinski definition) is 1. The summed E-state index contributed by atoms with van der Waals surface area (Å²) < 4.78 is 36.2. The van der Waals surface area contributed by atoms with Crippen LogP contribution in [0.5, 0.6) is 0 Å². The summed E-state index contributed by atoms with van der Waals surface area (Å²) in [7, 11) is 0. The van der Waals surface area contributed by atoms with E-state index in [-0.39, 0.29) is 10.7 Å². The van der Waals surface area contributed by atoms with Crippen LogP contribution in [0.3, 0.4) is 0 Å². The zero-order chi connectivity index (χ0) is 10.1. The van der Waals surface area contributed by atoms with E-state index < -0.39 is 11.7 Å². The summed E-state index contributed by atoms with van der Waals surface area (Å²) in [6, 6.07) is 2.51. The van der Waals surface area contributed by atoms with Gasteiger partial charge in [-0.1, -0.05) is 18.2 Å². The summed E-state index contributed by atoms with van der Waals surface area (Å²) in [5.74, 6) is 0. The summed E-state index contributed by atoms with van der Waals surface area (Å²) in [5.41, 5.74) is -0.992. The van der Waals surface area contributed by atoms with Gasteiger partial charge in [0.2, 0.25) is 0 Å². The molecule has 0 aliphatic carbocycles. The first-order chi connectivity index (χ1) is 5.91. The monoisotopic (exact) mass is 207 g/mol. The minimum absolute atomic E-state index is 0.0723. The van der Waals surface area contributed by atoms with Gasteiger partial charge in [-0.2, -0.15) is 13.2 Å². The Kier molecular flexibility index (Phi) is 2.61. The Hall–Kier alpha value is -1.03. The van der Waals surface area contributed by atoms with Gasteiger partial charge >= 0.3 is 6.18 Å². The molecule has 0 atom stereocenters. The van der Waals surface area contributed by atoms with Crippen molar-refractivity contribution in [1.29, 1.82) is 0 Å². The van der Waals surface area contributed by atoms with Gasteiger partial charge in [0.15, 0.2) is 0 Å². The van der Waals surface area contributed by atoms with Crippen LogP contribution in [0.25, 0.3) is 5.57 Å². The average molecular weight is 208 g/mol. The first-order valence-electron chi connectivity index (χ1n) is 3.29. The third-order valence-electron chi connectivity index (χ3n) is 1.42. The Bertz CT molecular complexity index is 315. The second-order valence-electron chi connectivity index (χ2n) is 2.35. The number of alkyl halides is 3. The number of pyridine rings is 1. The van der Waals surface area contributed by atoms with Crippen LogP contribution < -0.4 is 0 Å². The van der Waals surface area contributed by atoms with Gasteiger partial charge in [0.25, 0.3) is 0 Å². The molecule has 13 heavy (non-hydrogen) atoms. The lowest BCUT2D eigenvalue weighted by atomic mass is 10.1. The predicted molar refractivity (Wildman–Crippen MR) is 44.3 cm³/mol. The van der Waals surface area contributed by atoms with E-state index in [1.165, 1.54) is 12.1 Å². The molecular weight excluding hydrogens is 203 g/mol. The summed E-state index contributed by atoms with van der Waals surface area (Å²) in [6.45, 7) is 2.92. The van der Waals surface area contributed by atoms with Crippen molar-refractivity contribution < 1.29 is 13.2 Å². The second kappa shape index (κ2) is 3.38. The molecule has 0 amide bonds. The number of nitrogens with zero attached hydrogens (tertiary/aromatic N) is 1. The van der Waals surface area contributed by atoms with Crippen molar-refractivity contribution >= 4 is 17.2 Å². The molecule has 0 spiro atoms. The van der Waals surface area contributed by atoms with Gasteiger partial charge < -0.3 is 0 Å². The van der Waals surface area contributed by atoms with Gasteiger partial charge in [0.1, 0.15) is 5.15 Å². The molecule has 0 aromatic carbocycles. The first-order valence-corrected chi connectivity index (χ1v) is 3.67. The predicted octanol–water partition coefficient (Wildman–Crippen LogP) is 3.31. The zero-order valence-electron chi connectivity index (χ0n) is 6.40. The maximum Gasteiger partial charge on any atom is 0.416 e. The SMILES string of the molecule is C=C(c1ccc(Cl)nc1)C(F)(F)F. The van der Waals surface area contributed by atoms with Crippen molar-refractivity contribution in [3.63, 3.8) is 0 Å². The highest BCUT2D eigenvalue weighted by Gasteiger charge is 2.32. The van der Waals surface area contributed by atoms with E-state index in [0.29, 0.717) is 0 Å². The molecule has 70 valence electrons. The van der Waals surface area contributed by atoms with Gasteiger partial charge in [0, 0.05) is 11.8 Å². The summed E-state index contributed by atoms with van der Waals surface area (Å²) in [4.78, 5) is 3.52. The van der Waals surface area contributed by atoms with Crippen LogP contribution in [0, 0.1) is 0 Å². The quantitative estimate of drug-likeness (QED) is 0.644. The van der Waals surface area contributed by atoms with Gasteiger partial charge in [0.05, 0.1) is 5.57 Å². The largest absolute Gasteiger partial charge is 0.416 e. The van der Waals surface area contributed by atoms with E-state index in [1.807, 2.05) is 0 Å². The normalized spacial score (nSPS) is 11.4. The van der Waals surface area contributed by atoms with Crippen molar-refractivity contribution in [3.8, 4) is 0 Å². The maximum atomic E-state index is 12.1. The molecule has 0 radical (unpaired) electrons. The number of rotatable bonds is 1. The fraction of sp³-hybridized carbons (Fsp3) is 0.125. The van der Waals surface area contributed by atoms with Gasteiger partial charge in [-0.25, -0.2) is 4.98 Å². The fourth-order valence-electron chi connectivity index (χ4n) is 0.718. The topological polar surface area (TPSA) is 12.9 Å². The fourth-order valence-corrected chi connectivity index (χ4v) is 0.830. The first kappa shape index (κ1) is 10.1. The number of halogens is 4. The van der Waals surface area contributed by atoms with Crippen LogP contribution in [0.15, 0.2) is 24.9 Å². The van der Waals surface area contributed by atoms with Crippen molar-refractivity contribution in [2.45, 2.75) is 6.18 Å². The molecule has 0 N–H and O–H groups in total. The van der Waals surface area contributed by atoms with Crippen LogP contribution in [0.2, 0.25) is 5.15 Å². The van der Waals surface area contributed by atoms with E-state index in [0.717, 1.165) is 6.20 Å². The smallest absolute Gasteiger partial charge is 0.244 e. The Morgan fingerprint density at radius 3 is 2.38 bits per heavy atom. The van der Waals surface area contributed by atoms with Gasteiger partial charge in [-0.3, -0.25) is 0 Å². The minimum Gasteiger partial charge on any atom is -0.244 e. The molecule has 0 bridgehead atoms. The Balaban J connectivity index is 2.97. The molecule has 1 heterocycles.